The van der Waals surface area contributed by atoms with Crippen molar-refractivity contribution in [2.75, 3.05) is 11.1 Å². The number of hydrogen-bond donors (Lipinski definition) is 1. The summed E-state index contributed by atoms with van der Waals surface area (Å²) in [5.41, 5.74) is 1.52. The van der Waals surface area contributed by atoms with Crippen LogP contribution >= 0.6 is 46.6 Å². The van der Waals surface area contributed by atoms with E-state index >= 15 is 0 Å². The molecular formula is C20H19Cl3N4O2S. The fraction of sp³-hybridized carbons (Fsp3) is 0.250. The second-order valence-electron chi connectivity index (χ2n) is 6.33. The molecule has 0 bridgehead atoms. The van der Waals surface area contributed by atoms with E-state index in [1.807, 2.05) is 30.5 Å². The fourth-order valence-electron chi connectivity index (χ4n) is 2.62. The quantitative estimate of drug-likeness (QED) is 0.404. The molecule has 1 N–H and O–H groups in total. The van der Waals surface area contributed by atoms with Crippen molar-refractivity contribution in [3.8, 4) is 5.75 Å². The monoisotopic (exact) mass is 484 g/mol. The van der Waals surface area contributed by atoms with Crippen molar-refractivity contribution in [1.29, 1.82) is 0 Å². The summed E-state index contributed by atoms with van der Waals surface area (Å²) in [5, 5.41) is 13.2. The Morgan fingerprint density at radius 3 is 2.67 bits per heavy atom. The van der Waals surface area contributed by atoms with Crippen molar-refractivity contribution in [2.24, 2.45) is 0 Å². The van der Waals surface area contributed by atoms with Gasteiger partial charge in [-0.05, 0) is 49.7 Å². The molecule has 158 valence electrons. The molecule has 0 aliphatic carbocycles. The minimum Gasteiger partial charge on any atom is -0.484 e. The molecule has 2 aromatic carbocycles. The van der Waals surface area contributed by atoms with Crippen LogP contribution in [0.5, 0.6) is 5.75 Å². The first-order chi connectivity index (χ1) is 14.4. The molecule has 0 spiro atoms. The second kappa shape index (κ2) is 10.4. The molecule has 0 unspecified atom stereocenters. The molecule has 0 radical (unpaired) electrons. The maximum atomic E-state index is 12.3. The van der Waals surface area contributed by atoms with Gasteiger partial charge in [0.2, 0.25) is 5.91 Å². The highest BCUT2D eigenvalue weighted by molar-refractivity contribution is 7.99. The zero-order valence-electron chi connectivity index (χ0n) is 16.3. The molecule has 3 aromatic rings. The average molecular weight is 486 g/mol. The Morgan fingerprint density at radius 1 is 1.13 bits per heavy atom. The van der Waals surface area contributed by atoms with Gasteiger partial charge < -0.3 is 14.6 Å². The molecule has 6 nitrogen and oxygen atoms in total. The minimum atomic E-state index is -0.223. The molecule has 0 aliphatic rings. The molecule has 3 rings (SSSR count). The Bertz CT molecular complexity index is 1060. The van der Waals surface area contributed by atoms with Gasteiger partial charge in [-0.2, -0.15) is 0 Å². The van der Waals surface area contributed by atoms with Crippen LogP contribution in [0.3, 0.4) is 0 Å². The Hall–Kier alpha value is -1.93. The number of anilines is 1. The number of thioether (sulfide) groups is 1. The topological polar surface area (TPSA) is 69.0 Å². The lowest BCUT2D eigenvalue weighted by Gasteiger charge is -2.11. The van der Waals surface area contributed by atoms with Crippen LogP contribution in [0.25, 0.3) is 0 Å². The number of aromatic nitrogens is 3. The number of hydrogen-bond acceptors (Lipinski definition) is 5. The van der Waals surface area contributed by atoms with Crippen LogP contribution in [-0.2, 0) is 17.9 Å². The third-order valence-corrected chi connectivity index (χ3v) is 5.93. The van der Waals surface area contributed by atoms with Crippen LogP contribution < -0.4 is 10.1 Å². The third kappa shape index (κ3) is 5.82. The molecule has 10 heteroatoms. The van der Waals surface area contributed by atoms with Crippen LogP contribution in [0.2, 0.25) is 15.1 Å². The first kappa shape index (κ1) is 22.7. The summed E-state index contributed by atoms with van der Waals surface area (Å²) >= 11 is 19.5. The lowest BCUT2D eigenvalue weighted by molar-refractivity contribution is -0.113. The van der Waals surface area contributed by atoms with Gasteiger partial charge in [0.25, 0.3) is 0 Å². The highest BCUT2D eigenvalue weighted by atomic mass is 35.5. The Balaban J connectivity index is 1.61. The molecule has 1 heterocycles. The number of carbonyl (C=O) groups is 1. The highest BCUT2D eigenvalue weighted by Gasteiger charge is 2.15. The first-order valence-electron chi connectivity index (χ1n) is 9.06. The largest absolute Gasteiger partial charge is 0.484 e. The van der Waals surface area contributed by atoms with Crippen LogP contribution in [0.15, 0.2) is 41.6 Å². The predicted molar refractivity (Wildman–Crippen MR) is 122 cm³/mol. The van der Waals surface area contributed by atoms with Crippen molar-refractivity contribution in [3.05, 3.63) is 62.9 Å². The van der Waals surface area contributed by atoms with Gasteiger partial charge in [0.05, 0.1) is 21.5 Å². The number of nitrogens with one attached hydrogen (secondary N) is 1. The first-order valence-corrected chi connectivity index (χ1v) is 11.2. The van der Waals surface area contributed by atoms with E-state index in [1.165, 1.54) is 11.8 Å². The number of ether oxygens (including phenoxy) is 1. The van der Waals surface area contributed by atoms with E-state index in [0.717, 1.165) is 5.56 Å². The van der Waals surface area contributed by atoms with Gasteiger partial charge in [-0.1, -0.05) is 52.6 Å². The van der Waals surface area contributed by atoms with Crippen LogP contribution in [0.4, 0.5) is 5.69 Å². The molecular weight excluding hydrogens is 467 g/mol. The summed E-state index contributed by atoms with van der Waals surface area (Å²) in [4.78, 5) is 12.3. The van der Waals surface area contributed by atoms with E-state index in [9.17, 15) is 4.79 Å². The van der Waals surface area contributed by atoms with E-state index < -0.39 is 0 Å². The third-order valence-electron chi connectivity index (χ3n) is 4.09. The zero-order chi connectivity index (χ0) is 21.7. The molecule has 0 fully saturated rings. The number of rotatable bonds is 8. The lowest BCUT2D eigenvalue weighted by Crippen LogP contribution is -2.15. The van der Waals surface area contributed by atoms with E-state index in [2.05, 4.69) is 15.5 Å². The van der Waals surface area contributed by atoms with E-state index in [4.69, 9.17) is 39.5 Å². The SMILES string of the molecule is CCn1c(COc2cc(C)ccc2Cl)nnc1SCC(=O)Nc1cc(Cl)ccc1Cl. The van der Waals surface area contributed by atoms with E-state index in [-0.39, 0.29) is 18.3 Å². The summed E-state index contributed by atoms with van der Waals surface area (Å²) in [7, 11) is 0. The Labute approximate surface area is 193 Å². The average Bonchev–Trinajstić information content (AvgIpc) is 3.11. The van der Waals surface area contributed by atoms with Crippen molar-refractivity contribution in [1.82, 2.24) is 14.8 Å². The second-order valence-corrected chi connectivity index (χ2v) is 8.52. The summed E-state index contributed by atoms with van der Waals surface area (Å²) in [6, 6.07) is 10.5. The van der Waals surface area contributed by atoms with Crippen molar-refractivity contribution in [2.45, 2.75) is 32.2 Å². The van der Waals surface area contributed by atoms with Gasteiger partial charge in [-0.3, -0.25) is 4.79 Å². The zero-order valence-corrected chi connectivity index (χ0v) is 19.4. The molecule has 0 saturated carbocycles. The van der Waals surface area contributed by atoms with Gasteiger partial charge in [0, 0.05) is 11.6 Å². The van der Waals surface area contributed by atoms with E-state index in [0.29, 0.717) is 44.0 Å². The Morgan fingerprint density at radius 2 is 1.90 bits per heavy atom. The number of aryl methyl sites for hydroxylation is 1. The van der Waals surface area contributed by atoms with Gasteiger partial charge in [0.1, 0.15) is 12.4 Å². The number of carbonyl (C=O) groups excluding carboxylic acids is 1. The Kier molecular flexibility index (Phi) is 7.88. The van der Waals surface area contributed by atoms with Gasteiger partial charge in [0.15, 0.2) is 11.0 Å². The number of halogens is 3. The highest BCUT2D eigenvalue weighted by Crippen LogP contribution is 2.27. The molecule has 0 atom stereocenters. The lowest BCUT2D eigenvalue weighted by atomic mass is 10.2. The summed E-state index contributed by atoms with van der Waals surface area (Å²) in [6.07, 6.45) is 0. The minimum absolute atomic E-state index is 0.144. The normalized spacial score (nSPS) is 10.8. The van der Waals surface area contributed by atoms with Crippen molar-refractivity contribution >= 4 is 58.2 Å². The van der Waals surface area contributed by atoms with Crippen molar-refractivity contribution in [3.63, 3.8) is 0 Å². The van der Waals surface area contributed by atoms with Crippen molar-refractivity contribution < 1.29 is 9.53 Å². The molecule has 30 heavy (non-hydrogen) atoms. The van der Waals surface area contributed by atoms with Gasteiger partial charge >= 0.3 is 0 Å². The standard InChI is InChI=1S/C20H19Cl3N4O2S/c1-3-27-18(10-29-17-8-12(2)4-6-15(17)23)25-26-20(27)30-11-19(28)24-16-9-13(21)5-7-14(16)22/h4-9H,3,10-11H2,1-2H3,(H,24,28). The number of amides is 1. The van der Waals surface area contributed by atoms with E-state index in [1.54, 1.807) is 24.3 Å². The van der Waals surface area contributed by atoms with Gasteiger partial charge in [-0.25, -0.2) is 0 Å². The summed E-state index contributed by atoms with van der Waals surface area (Å²) in [6.45, 7) is 4.79. The number of nitrogens with zero attached hydrogens (tertiary/aromatic N) is 3. The smallest absolute Gasteiger partial charge is 0.234 e. The molecule has 1 aromatic heterocycles. The van der Waals surface area contributed by atoms with Crippen LogP contribution in [-0.4, -0.2) is 26.4 Å². The summed E-state index contributed by atoms with van der Waals surface area (Å²) < 4.78 is 7.71. The van der Waals surface area contributed by atoms with Gasteiger partial charge in [-0.15, -0.1) is 10.2 Å². The van der Waals surface area contributed by atoms with Crippen LogP contribution in [0, 0.1) is 6.92 Å². The molecule has 0 aliphatic heterocycles. The molecule has 1 amide bonds. The summed E-state index contributed by atoms with van der Waals surface area (Å²) in [5.74, 6) is 1.16. The van der Waals surface area contributed by atoms with Crippen LogP contribution in [0.1, 0.15) is 18.3 Å². The maximum Gasteiger partial charge on any atom is 0.234 e. The number of benzene rings is 2. The maximum absolute atomic E-state index is 12.3. The predicted octanol–water partition coefficient (Wildman–Crippen LogP) is 5.88. The molecule has 0 saturated heterocycles. The fourth-order valence-corrected chi connectivity index (χ4v) is 3.95.